The normalized spacial score (nSPS) is 13.1. The quantitative estimate of drug-likeness (QED) is 0.425. The van der Waals surface area contributed by atoms with Gasteiger partial charge in [-0.05, 0) is 27.9 Å². The molecule has 0 saturated carbocycles. The minimum atomic E-state index is -0.715. The van der Waals surface area contributed by atoms with Gasteiger partial charge in [-0.3, -0.25) is 14.4 Å². The van der Waals surface area contributed by atoms with E-state index in [0.29, 0.717) is 6.26 Å². The Labute approximate surface area is 106 Å². The Bertz CT molecular complexity index is 363. The number of rotatable bonds is 6. The van der Waals surface area contributed by atoms with E-state index in [1.165, 1.54) is 13.8 Å². The topological polar surface area (TPSA) is 98.7 Å². The molecule has 0 spiro atoms. The summed E-state index contributed by atoms with van der Waals surface area (Å²) in [6.45, 7) is 2.92. The summed E-state index contributed by atoms with van der Waals surface area (Å²) in [6, 6.07) is -0.682. The molecule has 1 atom stereocenters. The Morgan fingerprint density at radius 1 is 1.33 bits per heavy atom. The van der Waals surface area contributed by atoms with Gasteiger partial charge in [-0.25, -0.2) is 0 Å². The lowest BCUT2D eigenvalue weighted by molar-refractivity contribution is -0.126. The van der Waals surface area contributed by atoms with E-state index in [1.807, 2.05) is 0 Å². The molecule has 0 radical (unpaired) electrons. The Hall–Kier alpha value is -1.89. The number of amides is 2. The van der Waals surface area contributed by atoms with Crippen LogP contribution in [-0.2, 0) is 14.4 Å². The van der Waals surface area contributed by atoms with Crippen molar-refractivity contribution in [3.05, 3.63) is 12.0 Å². The van der Waals surface area contributed by atoms with Crippen molar-refractivity contribution in [1.82, 2.24) is 15.5 Å². The fourth-order valence-electron chi connectivity index (χ4n) is 1.00. The van der Waals surface area contributed by atoms with Crippen molar-refractivity contribution in [2.45, 2.75) is 19.9 Å². The first-order valence-corrected chi connectivity index (χ1v) is 5.38. The van der Waals surface area contributed by atoms with Crippen LogP contribution in [0, 0.1) is 0 Å². The van der Waals surface area contributed by atoms with E-state index < -0.39 is 17.9 Å². The van der Waals surface area contributed by atoms with Gasteiger partial charge in [0.05, 0.1) is 12.6 Å². The maximum absolute atomic E-state index is 11.6. The van der Waals surface area contributed by atoms with Crippen LogP contribution in [0.3, 0.4) is 0 Å². The van der Waals surface area contributed by atoms with Gasteiger partial charge in [-0.1, -0.05) is 0 Å². The van der Waals surface area contributed by atoms with Crippen LogP contribution in [0.5, 0.6) is 0 Å². The van der Waals surface area contributed by atoms with Crippen molar-refractivity contribution in [1.29, 1.82) is 0 Å². The molecule has 0 aromatic carbocycles. The number of ketones is 1. The lowest BCUT2D eigenvalue weighted by Gasteiger charge is -2.14. The molecule has 0 fully saturated rings. The molecule has 0 aromatic heterocycles. The summed E-state index contributed by atoms with van der Waals surface area (Å²) in [5, 5.41) is 13.5. The number of aliphatic hydroxyl groups excluding tert-OH is 1. The summed E-state index contributed by atoms with van der Waals surface area (Å²) < 4.78 is 0. The number of likely N-dealkylation sites (N-methyl/N-ethyl adjacent to an activating group) is 1. The smallest absolute Gasteiger partial charge is 0.271 e. The monoisotopic (exact) mass is 257 g/mol. The van der Waals surface area contributed by atoms with Crippen molar-refractivity contribution < 1.29 is 19.5 Å². The first-order chi connectivity index (χ1) is 8.27. The van der Waals surface area contributed by atoms with Crippen LogP contribution in [-0.4, -0.2) is 54.3 Å². The lowest BCUT2D eigenvalue weighted by Crippen LogP contribution is -2.43. The molecule has 0 saturated heterocycles. The van der Waals surface area contributed by atoms with Gasteiger partial charge in [0.25, 0.3) is 5.91 Å². The zero-order chi connectivity index (χ0) is 14.3. The molecule has 3 N–H and O–H groups in total. The molecule has 0 aromatic rings. The SMILES string of the molecule is CC(=O)[C@H](C)NC(=O)/C(=C\O)NC(=O)CN(C)C. The number of nitrogens with zero attached hydrogens (tertiary/aromatic N) is 1. The van der Waals surface area contributed by atoms with E-state index in [4.69, 9.17) is 5.11 Å². The van der Waals surface area contributed by atoms with Crippen LogP contribution in [0.15, 0.2) is 12.0 Å². The molecule has 7 nitrogen and oxygen atoms in total. The molecule has 0 rings (SSSR count). The zero-order valence-electron chi connectivity index (χ0n) is 11.0. The van der Waals surface area contributed by atoms with Gasteiger partial charge in [0, 0.05) is 0 Å². The largest absolute Gasteiger partial charge is 0.513 e. The molecule has 0 unspecified atom stereocenters. The predicted molar refractivity (Wildman–Crippen MR) is 65.7 cm³/mol. The fourth-order valence-corrected chi connectivity index (χ4v) is 1.00. The van der Waals surface area contributed by atoms with E-state index in [0.717, 1.165) is 0 Å². The second-order valence-corrected chi connectivity index (χ2v) is 4.13. The van der Waals surface area contributed by atoms with Crippen LogP contribution in [0.25, 0.3) is 0 Å². The van der Waals surface area contributed by atoms with Crippen molar-refractivity contribution in [3.63, 3.8) is 0 Å². The molecular formula is C11H19N3O4. The zero-order valence-corrected chi connectivity index (χ0v) is 11.0. The average Bonchev–Trinajstić information content (AvgIpc) is 2.24. The third-order valence-corrected chi connectivity index (χ3v) is 2.07. The van der Waals surface area contributed by atoms with Gasteiger partial charge in [0.2, 0.25) is 5.91 Å². The maximum Gasteiger partial charge on any atom is 0.271 e. The summed E-state index contributed by atoms with van der Waals surface area (Å²) >= 11 is 0. The Balaban J connectivity index is 4.47. The Kier molecular flexibility index (Phi) is 6.66. The molecule has 0 aliphatic heterocycles. The highest BCUT2D eigenvalue weighted by atomic mass is 16.2. The van der Waals surface area contributed by atoms with E-state index in [9.17, 15) is 14.4 Å². The standard InChI is InChI=1S/C11H19N3O4/c1-7(8(2)16)12-11(18)9(6-15)13-10(17)5-14(3)4/h6-7,15H,5H2,1-4H3,(H,12,18)(H,13,17)/b9-6+/t7-/m0/s1. The van der Waals surface area contributed by atoms with Crippen LogP contribution in [0.4, 0.5) is 0 Å². The number of aliphatic hydroxyl groups is 1. The summed E-state index contributed by atoms with van der Waals surface area (Å²) in [4.78, 5) is 35.6. The van der Waals surface area contributed by atoms with Crippen LogP contribution in [0.2, 0.25) is 0 Å². The second-order valence-electron chi connectivity index (χ2n) is 4.13. The van der Waals surface area contributed by atoms with Crippen molar-refractivity contribution in [2.75, 3.05) is 20.6 Å². The number of carbonyl (C=O) groups is 3. The molecule has 0 aliphatic carbocycles. The van der Waals surface area contributed by atoms with Gasteiger partial charge >= 0.3 is 0 Å². The average molecular weight is 257 g/mol. The van der Waals surface area contributed by atoms with Crippen LogP contribution < -0.4 is 10.6 Å². The molecule has 7 heteroatoms. The molecule has 0 bridgehead atoms. The summed E-state index contributed by atoms with van der Waals surface area (Å²) in [6.07, 6.45) is 0.496. The van der Waals surface area contributed by atoms with Gasteiger partial charge in [0.15, 0.2) is 5.78 Å². The molecule has 18 heavy (non-hydrogen) atoms. The number of nitrogens with one attached hydrogen (secondary N) is 2. The minimum absolute atomic E-state index is 0.0763. The van der Waals surface area contributed by atoms with Gasteiger partial charge in [-0.15, -0.1) is 0 Å². The summed E-state index contributed by atoms with van der Waals surface area (Å²) in [7, 11) is 3.39. The molecule has 0 aliphatic rings. The van der Waals surface area contributed by atoms with E-state index >= 15 is 0 Å². The first kappa shape index (κ1) is 16.1. The van der Waals surface area contributed by atoms with Crippen LogP contribution >= 0.6 is 0 Å². The highest BCUT2D eigenvalue weighted by Crippen LogP contribution is 1.92. The van der Waals surface area contributed by atoms with E-state index in [2.05, 4.69) is 10.6 Å². The van der Waals surface area contributed by atoms with Gasteiger partial charge in [0.1, 0.15) is 12.0 Å². The number of carbonyl (C=O) groups excluding carboxylic acids is 3. The third kappa shape index (κ3) is 6.00. The molecule has 0 heterocycles. The minimum Gasteiger partial charge on any atom is -0.513 e. The van der Waals surface area contributed by atoms with Crippen LogP contribution in [0.1, 0.15) is 13.8 Å². The summed E-state index contributed by atoms with van der Waals surface area (Å²) in [5.74, 6) is -1.38. The first-order valence-electron chi connectivity index (χ1n) is 5.38. The lowest BCUT2D eigenvalue weighted by atomic mass is 10.2. The maximum atomic E-state index is 11.6. The van der Waals surface area contributed by atoms with Gasteiger partial charge < -0.3 is 20.6 Å². The Morgan fingerprint density at radius 2 is 1.89 bits per heavy atom. The number of hydrogen-bond acceptors (Lipinski definition) is 5. The van der Waals surface area contributed by atoms with Crippen molar-refractivity contribution in [2.24, 2.45) is 0 Å². The van der Waals surface area contributed by atoms with E-state index in [1.54, 1.807) is 19.0 Å². The molecule has 2 amide bonds. The number of hydrogen-bond donors (Lipinski definition) is 3. The fraction of sp³-hybridized carbons (Fsp3) is 0.545. The second kappa shape index (κ2) is 7.44. The van der Waals surface area contributed by atoms with Gasteiger partial charge in [-0.2, -0.15) is 0 Å². The van der Waals surface area contributed by atoms with E-state index in [-0.39, 0.29) is 18.0 Å². The summed E-state index contributed by atoms with van der Waals surface area (Å²) in [5.41, 5.74) is -0.296. The highest BCUT2D eigenvalue weighted by Gasteiger charge is 2.17. The highest BCUT2D eigenvalue weighted by molar-refractivity contribution is 5.99. The van der Waals surface area contributed by atoms with Crippen molar-refractivity contribution >= 4 is 17.6 Å². The number of Topliss-reactive ketones (excluding diaryl/α,β-unsaturated/α-hetero) is 1. The third-order valence-electron chi connectivity index (χ3n) is 2.07. The Morgan fingerprint density at radius 3 is 2.28 bits per heavy atom. The predicted octanol–water partition coefficient (Wildman–Crippen LogP) is -0.843. The molecular weight excluding hydrogens is 238 g/mol. The van der Waals surface area contributed by atoms with Crippen molar-refractivity contribution in [3.8, 4) is 0 Å². The molecule has 102 valence electrons.